The van der Waals surface area contributed by atoms with E-state index in [4.69, 9.17) is 4.74 Å². The summed E-state index contributed by atoms with van der Waals surface area (Å²) >= 11 is 0. The Labute approximate surface area is 135 Å². The van der Waals surface area contributed by atoms with Gasteiger partial charge in [0.25, 0.3) is 0 Å². The zero-order chi connectivity index (χ0) is 16.2. The van der Waals surface area contributed by atoms with Gasteiger partial charge in [0, 0.05) is 31.1 Å². The van der Waals surface area contributed by atoms with E-state index in [-0.39, 0.29) is 11.8 Å². The molecule has 0 aliphatic carbocycles. The Balaban J connectivity index is 2.00. The average Bonchev–Trinajstić information content (AvgIpc) is 3.07. The summed E-state index contributed by atoms with van der Waals surface area (Å²) < 4.78 is 5.22. The Morgan fingerprint density at radius 2 is 1.87 bits per heavy atom. The first-order valence-corrected chi connectivity index (χ1v) is 7.63. The maximum atomic E-state index is 12.0. The number of nitrogens with one attached hydrogen (secondary N) is 2. The van der Waals surface area contributed by atoms with E-state index < -0.39 is 0 Å². The minimum absolute atomic E-state index is 0.00792. The molecule has 0 aliphatic heterocycles. The van der Waals surface area contributed by atoms with Crippen molar-refractivity contribution < 1.29 is 9.53 Å². The number of hydrogen-bond acceptors (Lipinski definition) is 2. The molecular weight excluding hydrogens is 288 g/mol. The SMILES string of the molecule is CNC(=O)CC(c1ccc(OC)cc1)c1ccc2cc[nH]c2c1. The number of carbonyl (C=O) groups excluding carboxylic acids is 1. The number of benzene rings is 2. The standard InChI is InChI=1S/C19H20N2O2/c1-20-19(22)12-17(13-5-7-16(23-2)8-6-13)15-4-3-14-9-10-21-18(14)11-15/h3-11,17,21H,12H2,1-2H3,(H,20,22). The zero-order valence-corrected chi connectivity index (χ0v) is 13.3. The maximum absolute atomic E-state index is 12.0. The maximum Gasteiger partial charge on any atom is 0.220 e. The second kappa shape index (κ2) is 6.57. The molecule has 2 aromatic carbocycles. The van der Waals surface area contributed by atoms with Gasteiger partial charge in [-0.05, 0) is 40.8 Å². The first-order valence-electron chi connectivity index (χ1n) is 7.63. The van der Waals surface area contributed by atoms with Crippen molar-refractivity contribution in [1.82, 2.24) is 10.3 Å². The molecule has 1 atom stereocenters. The largest absolute Gasteiger partial charge is 0.497 e. The Morgan fingerprint density at radius 1 is 1.13 bits per heavy atom. The van der Waals surface area contributed by atoms with Crippen molar-refractivity contribution in [2.75, 3.05) is 14.2 Å². The molecule has 1 unspecified atom stereocenters. The van der Waals surface area contributed by atoms with Gasteiger partial charge in [-0.2, -0.15) is 0 Å². The third kappa shape index (κ3) is 3.21. The Kier molecular flexibility index (Phi) is 4.33. The molecule has 1 amide bonds. The van der Waals surface area contributed by atoms with Crippen LogP contribution in [0.1, 0.15) is 23.5 Å². The number of carbonyl (C=O) groups is 1. The molecule has 0 radical (unpaired) electrons. The van der Waals surface area contributed by atoms with Gasteiger partial charge in [-0.1, -0.05) is 24.3 Å². The van der Waals surface area contributed by atoms with Gasteiger partial charge < -0.3 is 15.0 Å². The van der Waals surface area contributed by atoms with E-state index in [0.29, 0.717) is 6.42 Å². The lowest BCUT2D eigenvalue weighted by Gasteiger charge is -2.18. The highest BCUT2D eigenvalue weighted by molar-refractivity contribution is 5.81. The summed E-state index contributed by atoms with van der Waals surface area (Å²) in [6.45, 7) is 0. The lowest BCUT2D eigenvalue weighted by atomic mass is 9.88. The van der Waals surface area contributed by atoms with Gasteiger partial charge in [-0.15, -0.1) is 0 Å². The number of aromatic amines is 1. The molecule has 2 N–H and O–H groups in total. The van der Waals surface area contributed by atoms with E-state index >= 15 is 0 Å². The molecule has 0 spiro atoms. The van der Waals surface area contributed by atoms with Crippen LogP contribution in [0.25, 0.3) is 10.9 Å². The number of fused-ring (bicyclic) bond motifs is 1. The van der Waals surface area contributed by atoms with Crippen molar-refractivity contribution in [3.8, 4) is 5.75 Å². The molecular formula is C19H20N2O2. The molecule has 0 bridgehead atoms. The molecule has 3 rings (SSSR count). The minimum atomic E-state index is 0.00792. The Morgan fingerprint density at radius 3 is 2.57 bits per heavy atom. The quantitative estimate of drug-likeness (QED) is 0.758. The molecule has 0 saturated carbocycles. The van der Waals surface area contributed by atoms with Gasteiger partial charge in [0.2, 0.25) is 5.91 Å². The fourth-order valence-corrected chi connectivity index (χ4v) is 2.83. The molecule has 0 aliphatic rings. The highest BCUT2D eigenvalue weighted by atomic mass is 16.5. The summed E-state index contributed by atoms with van der Waals surface area (Å²) in [5.41, 5.74) is 3.30. The Bertz CT molecular complexity index is 806. The first kappa shape index (κ1) is 15.2. The highest BCUT2D eigenvalue weighted by Crippen LogP contribution is 2.31. The van der Waals surface area contributed by atoms with Crippen LogP contribution in [-0.2, 0) is 4.79 Å². The van der Waals surface area contributed by atoms with E-state index in [1.807, 2.05) is 36.5 Å². The number of amides is 1. The molecule has 1 aromatic heterocycles. The predicted octanol–water partition coefficient (Wildman–Crippen LogP) is 3.44. The number of hydrogen-bond donors (Lipinski definition) is 2. The van der Waals surface area contributed by atoms with Crippen molar-refractivity contribution in [1.29, 1.82) is 0 Å². The van der Waals surface area contributed by atoms with Crippen LogP contribution in [0.2, 0.25) is 0 Å². The van der Waals surface area contributed by atoms with Crippen molar-refractivity contribution in [2.45, 2.75) is 12.3 Å². The van der Waals surface area contributed by atoms with Gasteiger partial charge in [0.15, 0.2) is 0 Å². The van der Waals surface area contributed by atoms with Crippen molar-refractivity contribution >= 4 is 16.8 Å². The van der Waals surface area contributed by atoms with Crippen molar-refractivity contribution in [2.24, 2.45) is 0 Å². The van der Waals surface area contributed by atoms with E-state index in [0.717, 1.165) is 22.4 Å². The summed E-state index contributed by atoms with van der Waals surface area (Å²) in [6, 6.07) is 16.2. The van der Waals surface area contributed by atoms with Crippen LogP contribution in [0.5, 0.6) is 5.75 Å². The lowest BCUT2D eigenvalue weighted by Crippen LogP contribution is -2.21. The number of ether oxygens (including phenoxy) is 1. The number of H-pyrrole nitrogens is 1. The third-order valence-electron chi connectivity index (χ3n) is 4.17. The van der Waals surface area contributed by atoms with Gasteiger partial charge in [0.05, 0.1) is 7.11 Å². The average molecular weight is 308 g/mol. The minimum Gasteiger partial charge on any atom is -0.497 e. The van der Waals surface area contributed by atoms with Gasteiger partial charge >= 0.3 is 0 Å². The molecule has 118 valence electrons. The van der Waals surface area contributed by atoms with Gasteiger partial charge in [-0.3, -0.25) is 4.79 Å². The summed E-state index contributed by atoms with van der Waals surface area (Å²) in [6.07, 6.45) is 2.34. The number of rotatable bonds is 5. The zero-order valence-electron chi connectivity index (χ0n) is 13.3. The van der Waals surface area contributed by atoms with Crippen LogP contribution < -0.4 is 10.1 Å². The predicted molar refractivity (Wildman–Crippen MR) is 91.8 cm³/mol. The fraction of sp³-hybridized carbons (Fsp3) is 0.211. The first-order chi connectivity index (χ1) is 11.2. The van der Waals surface area contributed by atoms with Crippen LogP contribution >= 0.6 is 0 Å². The van der Waals surface area contributed by atoms with Crippen molar-refractivity contribution in [3.63, 3.8) is 0 Å². The van der Waals surface area contributed by atoms with Crippen molar-refractivity contribution in [3.05, 3.63) is 65.9 Å². The molecule has 4 nitrogen and oxygen atoms in total. The number of methoxy groups -OCH3 is 1. The van der Waals surface area contributed by atoms with E-state index in [1.165, 1.54) is 5.39 Å². The van der Waals surface area contributed by atoms with E-state index in [2.05, 4.69) is 28.5 Å². The second-order valence-corrected chi connectivity index (χ2v) is 5.53. The normalized spacial score (nSPS) is 12.1. The van der Waals surface area contributed by atoms with Crippen LogP contribution in [0.15, 0.2) is 54.7 Å². The molecule has 1 heterocycles. The molecule has 23 heavy (non-hydrogen) atoms. The van der Waals surface area contributed by atoms with Crippen LogP contribution in [0, 0.1) is 0 Å². The highest BCUT2D eigenvalue weighted by Gasteiger charge is 2.18. The van der Waals surface area contributed by atoms with Crippen LogP contribution in [0.3, 0.4) is 0 Å². The van der Waals surface area contributed by atoms with Crippen LogP contribution in [-0.4, -0.2) is 25.0 Å². The topological polar surface area (TPSA) is 54.1 Å². The van der Waals surface area contributed by atoms with Crippen LogP contribution in [0.4, 0.5) is 0 Å². The fourth-order valence-electron chi connectivity index (χ4n) is 2.83. The summed E-state index contributed by atoms with van der Waals surface area (Å²) in [5.74, 6) is 0.846. The lowest BCUT2D eigenvalue weighted by molar-refractivity contribution is -0.120. The summed E-state index contributed by atoms with van der Waals surface area (Å²) in [4.78, 5) is 15.2. The monoisotopic (exact) mass is 308 g/mol. The number of aromatic nitrogens is 1. The molecule has 0 fully saturated rings. The second-order valence-electron chi connectivity index (χ2n) is 5.53. The Hall–Kier alpha value is -2.75. The van der Waals surface area contributed by atoms with Gasteiger partial charge in [0.1, 0.15) is 5.75 Å². The van der Waals surface area contributed by atoms with E-state index in [9.17, 15) is 4.79 Å². The molecule has 0 saturated heterocycles. The summed E-state index contributed by atoms with van der Waals surface area (Å²) in [5, 5.41) is 3.89. The van der Waals surface area contributed by atoms with Gasteiger partial charge in [-0.25, -0.2) is 0 Å². The summed E-state index contributed by atoms with van der Waals surface area (Å²) in [7, 11) is 3.32. The smallest absolute Gasteiger partial charge is 0.220 e. The molecule has 4 heteroatoms. The molecule has 3 aromatic rings. The third-order valence-corrected chi connectivity index (χ3v) is 4.17. The van der Waals surface area contributed by atoms with E-state index in [1.54, 1.807) is 14.2 Å².